The van der Waals surface area contributed by atoms with Crippen molar-refractivity contribution in [1.82, 2.24) is 4.57 Å². The molecule has 6 heteroatoms. The summed E-state index contributed by atoms with van der Waals surface area (Å²) in [5.41, 5.74) is 7.65. The van der Waals surface area contributed by atoms with Crippen molar-refractivity contribution in [2.75, 3.05) is 39.8 Å². The van der Waals surface area contributed by atoms with Crippen LogP contribution in [0.5, 0.6) is 11.5 Å². The van der Waals surface area contributed by atoms with Crippen LogP contribution in [0.3, 0.4) is 0 Å². The first-order chi connectivity index (χ1) is 15.4. The Hall–Kier alpha value is -3.41. The van der Waals surface area contributed by atoms with Gasteiger partial charge in [-0.15, -0.1) is 0 Å². The third-order valence-corrected chi connectivity index (χ3v) is 6.12. The topological polar surface area (TPSA) is 52.9 Å². The van der Waals surface area contributed by atoms with Crippen molar-refractivity contribution in [1.29, 1.82) is 0 Å². The number of hydrogen-bond acceptors (Lipinski definition) is 5. The molecule has 4 rings (SSSR count). The summed E-state index contributed by atoms with van der Waals surface area (Å²) in [4.78, 5) is 15.4. The highest BCUT2D eigenvalue weighted by molar-refractivity contribution is 6.05. The van der Waals surface area contributed by atoms with E-state index in [9.17, 15) is 4.79 Å². The molecule has 0 saturated heterocycles. The largest absolute Gasteiger partial charge is 0.493 e. The van der Waals surface area contributed by atoms with Gasteiger partial charge in [0.1, 0.15) is 0 Å². The van der Waals surface area contributed by atoms with Gasteiger partial charge in [-0.1, -0.05) is 12.1 Å². The van der Waals surface area contributed by atoms with Crippen molar-refractivity contribution >= 4 is 11.7 Å². The van der Waals surface area contributed by atoms with Gasteiger partial charge >= 0.3 is 5.97 Å². The van der Waals surface area contributed by atoms with E-state index in [1.165, 1.54) is 0 Å². The SMILES string of the molecule is CCOC(=O)c1c(-c2cccc(N(C)C)c2)c(C)n2c1-c1cc(OC)c(OC)cc1CC2. The van der Waals surface area contributed by atoms with Crippen molar-refractivity contribution in [3.05, 3.63) is 53.2 Å². The van der Waals surface area contributed by atoms with Gasteiger partial charge in [0.2, 0.25) is 0 Å². The molecule has 2 aromatic carbocycles. The number of ether oxygens (including phenoxy) is 3. The molecule has 0 fully saturated rings. The number of methoxy groups -OCH3 is 2. The average Bonchev–Trinajstić information content (AvgIpc) is 3.11. The normalized spacial score (nSPS) is 12.1. The number of carbonyl (C=O) groups is 1. The molecule has 32 heavy (non-hydrogen) atoms. The van der Waals surface area contributed by atoms with Gasteiger partial charge in [-0.3, -0.25) is 0 Å². The first kappa shape index (κ1) is 21.8. The Morgan fingerprint density at radius 3 is 2.47 bits per heavy atom. The lowest BCUT2D eigenvalue weighted by Crippen LogP contribution is -2.15. The predicted molar refractivity (Wildman–Crippen MR) is 127 cm³/mol. The van der Waals surface area contributed by atoms with E-state index in [2.05, 4.69) is 34.6 Å². The monoisotopic (exact) mass is 434 g/mol. The van der Waals surface area contributed by atoms with Crippen molar-refractivity contribution in [3.63, 3.8) is 0 Å². The fourth-order valence-corrected chi connectivity index (χ4v) is 4.57. The molecule has 1 aromatic heterocycles. The van der Waals surface area contributed by atoms with E-state index in [0.717, 1.165) is 52.3 Å². The minimum absolute atomic E-state index is 0.308. The molecule has 0 amide bonds. The zero-order valence-corrected chi connectivity index (χ0v) is 19.6. The number of rotatable bonds is 6. The van der Waals surface area contributed by atoms with Gasteiger partial charge in [0.05, 0.1) is 32.1 Å². The summed E-state index contributed by atoms with van der Waals surface area (Å²) in [5, 5.41) is 0. The second kappa shape index (κ2) is 8.61. The van der Waals surface area contributed by atoms with Crippen LogP contribution in [0.4, 0.5) is 5.69 Å². The lowest BCUT2D eigenvalue weighted by Gasteiger charge is -2.23. The van der Waals surface area contributed by atoms with Gasteiger partial charge in [-0.25, -0.2) is 4.79 Å². The number of hydrogen-bond donors (Lipinski definition) is 0. The third-order valence-electron chi connectivity index (χ3n) is 6.12. The molecule has 0 spiro atoms. The second-order valence-electron chi connectivity index (χ2n) is 8.12. The van der Waals surface area contributed by atoms with Crippen molar-refractivity contribution in [3.8, 4) is 33.9 Å². The highest BCUT2D eigenvalue weighted by atomic mass is 16.5. The van der Waals surface area contributed by atoms with Gasteiger partial charge in [0.15, 0.2) is 11.5 Å². The van der Waals surface area contributed by atoms with Crippen LogP contribution in [-0.4, -0.2) is 45.5 Å². The zero-order chi connectivity index (χ0) is 23.0. The molecule has 0 bridgehead atoms. The van der Waals surface area contributed by atoms with Crippen LogP contribution >= 0.6 is 0 Å². The number of aryl methyl sites for hydroxylation is 1. The second-order valence-corrected chi connectivity index (χ2v) is 8.12. The Morgan fingerprint density at radius 1 is 1.09 bits per heavy atom. The van der Waals surface area contributed by atoms with Crippen LogP contribution in [-0.2, 0) is 17.7 Å². The molecule has 168 valence electrons. The van der Waals surface area contributed by atoms with Crippen LogP contribution in [0.15, 0.2) is 36.4 Å². The van der Waals surface area contributed by atoms with Gasteiger partial charge < -0.3 is 23.7 Å². The summed E-state index contributed by atoms with van der Waals surface area (Å²) in [7, 11) is 7.29. The molecule has 6 nitrogen and oxygen atoms in total. The van der Waals surface area contributed by atoms with Crippen molar-refractivity contribution in [2.24, 2.45) is 0 Å². The number of aromatic nitrogens is 1. The van der Waals surface area contributed by atoms with Gasteiger partial charge in [0, 0.05) is 43.1 Å². The lowest BCUT2D eigenvalue weighted by atomic mass is 9.93. The quantitative estimate of drug-likeness (QED) is 0.514. The van der Waals surface area contributed by atoms with Crippen LogP contribution < -0.4 is 14.4 Å². The summed E-state index contributed by atoms with van der Waals surface area (Å²) < 4.78 is 18.9. The summed E-state index contributed by atoms with van der Waals surface area (Å²) in [5.74, 6) is 1.03. The number of anilines is 1. The van der Waals surface area contributed by atoms with E-state index in [1.54, 1.807) is 14.2 Å². The molecule has 2 heterocycles. The Kier molecular flexibility index (Phi) is 5.87. The highest BCUT2D eigenvalue weighted by Gasteiger charge is 2.32. The first-order valence-corrected chi connectivity index (χ1v) is 10.8. The van der Waals surface area contributed by atoms with Crippen LogP contribution in [0, 0.1) is 6.92 Å². The number of carbonyl (C=O) groups excluding carboxylic acids is 1. The smallest absolute Gasteiger partial charge is 0.340 e. The van der Waals surface area contributed by atoms with E-state index in [-0.39, 0.29) is 5.97 Å². The summed E-state index contributed by atoms with van der Waals surface area (Å²) in [6.45, 7) is 5.01. The van der Waals surface area contributed by atoms with Crippen molar-refractivity contribution in [2.45, 2.75) is 26.8 Å². The zero-order valence-electron chi connectivity index (χ0n) is 19.6. The highest BCUT2D eigenvalue weighted by Crippen LogP contribution is 2.45. The maximum absolute atomic E-state index is 13.3. The molecule has 0 saturated carbocycles. The van der Waals surface area contributed by atoms with E-state index in [4.69, 9.17) is 14.2 Å². The minimum Gasteiger partial charge on any atom is -0.493 e. The lowest BCUT2D eigenvalue weighted by molar-refractivity contribution is 0.0528. The predicted octanol–water partition coefficient (Wildman–Crippen LogP) is 4.95. The van der Waals surface area contributed by atoms with Gasteiger partial charge in [0.25, 0.3) is 0 Å². The molecule has 3 aromatic rings. The van der Waals surface area contributed by atoms with E-state index in [1.807, 2.05) is 39.2 Å². The van der Waals surface area contributed by atoms with E-state index in [0.29, 0.717) is 23.7 Å². The molecule has 0 radical (unpaired) electrons. The summed E-state index contributed by atoms with van der Waals surface area (Å²) in [6, 6.07) is 12.2. The van der Waals surface area contributed by atoms with Gasteiger partial charge in [-0.2, -0.15) is 0 Å². The Morgan fingerprint density at radius 2 is 1.81 bits per heavy atom. The number of benzene rings is 2. The van der Waals surface area contributed by atoms with Crippen LogP contribution in [0.2, 0.25) is 0 Å². The van der Waals surface area contributed by atoms with Crippen LogP contribution in [0.25, 0.3) is 22.4 Å². The van der Waals surface area contributed by atoms with Crippen LogP contribution in [0.1, 0.15) is 28.5 Å². The number of esters is 1. The Bertz CT molecular complexity index is 1180. The molecule has 1 aliphatic heterocycles. The van der Waals surface area contributed by atoms with E-state index < -0.39 is 0 Å². The fourth-order valence-electron chi connectivity index (χ4n) is 4.57. The molecule has 0 atom stereocenters. The summed E-state index contributed by atoms with van der Waals surface area (Å²) in [6.07, 6.45) is 0.845. The Balaban J connectivity index is 2.03. The molecular formula is C26H30N2O4. The Labute approximate surface area is 189 Å². The standard InChI is InChI=1S/C26H30N2O4/c1-7-32-26(29)24-23(18-9-8-10-19(13-18)27(3)4)16(2)28-12-11-17-14-21(30-5)22(31-6)15-20(17)25(24)28/h8-10,13-15H,7,11-12H2,1-6H3. The van der Waals surface area contributed by atoms with Crippen molar-refractivity contribution < 1.29 is 19.0 Å². The maximum Gasteiger partial charge on any atom is 0.340 e. The molecule has 1 aliphatic rings. The third kappa shape index (κ3) is 3.49. The summed E-state index contributed by atoms with van der Waals surface area (Å²) >= 11 is 0. The molecular weight excluding hydrogens is 404 g/mol. The number of nitrogens with zero attached hydrogens (tertiary/aromatic N) is 2. The molecule has 0 aliphatic carbocycles. The molecule has 0 unspecified atom stereocenters. The molecule has 0 N–H and O–H groups in total. The first-order valence-electron chi connectivity index (χ1n) is 10.8. The maximum atomic E-state index is 13.3. The van der Waals surface area contributed by atoms with E-state index >= 15 is 0 Å². The van der Waals surface area contributed by atoms with Gasteiger partial charge in [-0.05, 0) is 55.7 Å². The fraction of sp³-hybridized carbons (Fsp3) is 0.346. The minimum atomic E-state index is -0.308. The average molecular weight is 435 g/mol. The number of fused-ring (bicyclic) bond motifs is 3.